The first-order valence-corrected chi connectivity index (χ1v) is 8.64. The molecule has 1 amide bonds. The van der Waals surface area contributed by atoms with Gasteiger partial charge < -0.3 is 35.8 Å². The molecule has 1 fully saturated rings. The Kier molecular flexibility index (Phi) is 9.01. The SMILES string of the molecule is CC(=O)C(CCCCNC(=O)C(C)[18F])NCC1(O)OCC(O)[C@@H](O)[C@@H]1O. The molecule has 1 saturated heterocycles. The predicted molar refractivity (Wildman–Crippen MR) is 88.8 cm³/mol. The van der Waals surface area contributed by atoms with Crippen LogP contribution in [0.15, 0.2) is 0 Å². The molecule has 6 atom stereocenters. The summed E-state index contributed by atoms with van der Waals surface area (Å²) in [5.74, 6) is -3.00. The number of aliphatic hydroxyl groups excluding tert-OH is 3. The summed E-state index contributed by atoms with van der Waals surface area (Å²) in [7, 11) is 0. The minimum atomic E-state index is -2.13. The number of aliphatic hydroxyl groups is 4. The highest BCUT2D eigenvalue weighted by Crippen LogP contribution is 2.23. The summed E-state index contributed by atoms with van der Waals surface area (Å²) in [6, 6.07) is -0.630. The number of Topliss-reactive ketones (excluding diaryl/α,β-unsaturated/α-hetero) is 1. The molecular weight excluding hydrogens is 350 g/mol. The van der Waals surface area contributed by atoms with Crippen LogP contribution in [0.2, 0.25) is 0 Å². The molecule has 6 N–H and O–H groups in total. The van der Waals surface area contributed by atoms with Gasteiger partial charge >= 0.3 is 0 Å². The van der Waals surface area contributed by atoms with E-state index in [1.807, 2.05) is 0 Å². The van der Waals surface area contributed by atoms with Crippen molar-refractivity contribution in [2.45, 2.75) is 69.4 Å². The largest absolute Gasteiger partial charge is 0.388 e. The number of alkyl halides is 1. The summed E-state index contributed by atoms with van der Waals surface area (Å²) in [5, 5.41) is 44.4. The summed E-state index contributed by atoms with van der Waals surface area (Å²) in [5.41, 5.74) is 0. The van der Waals surface area contributed by atoms with E-state index >= 15 is 0 Å². The zero-order valence-corrected chi connectivity index (χ0v) is 15.0. The molecule has 1 rings (SSSR count). The standard InChI is InChI=1S/C16H29FN2O7/c1-9(17)15(24)18-6-4-3-5-11(10(2)20)19-8-16(25)14(23)13(22)12(21)7-26-16/h9,11-14,19,21-23,25H,3-8H2,1-2H3,(H,18,24)/t9?,11?,12?,13-,14+,16?/m1/s1/i17-1. The monoisotopic (exact) mass is 379 g/mol. The zero-order valence-electron chi connectivity index (χ0n) is 15.0. The second-order valence-electron chi connectivity index (χ2n) is 6.61. The van der Waals surface area contributed by atoms with Gasteiger partial charge in [0.2, 0.25) is 5.79 Å². The third-order valence-electron chi connectivity index (χ3n) is 4.36. The fraction of sp³-hybridized carbons (Fsp3) is 0.875. The maximum absolute atomic E-state index is 12.7. The van der Waals surface area contributed by atoms with Crippen molar-refractivity contribution in [1.29, 1.82) is 0 Å². The summed E-state index contributed by atoms with van der Waals surface area (Å²) in [6.07, 6.45) is -4.68. The number of hydrogen-bond donors (Lipinski definition) is 6. The Balaban J connectivity index is 2.41. The van der Waals surface area contributed by atoms with Gasteiger partial charge in [-0.1, -0.05) is 0 Å². The Morgan fingerprint density at radius 2 is 1.96 bits per heavy atom. The number of ketones is 1. The smallest absolute Gasteiger partial charge is 0.254 e. The lowest BCUT2D eigenvalue weighted by molar-refractivity contribution is -0.318. The van der Waals surface area contributed by atoms with E-state index in [2.05, 4.69) is 10.6 Å². The number of ether oxygens (including phenoxy) is 1. The van der Waals surface area contributed by atoms with Crippen molar-refractivity contribution in [3.8, 4) is 0 Å². The molecule has 9 nitrogen and oxygen atoms in total. The highest BCUT2D eigenvalue weighted by atomic mass is 18.2. The van der Waals surface area contributed by atoms with E-state index in [0.29, 0.717) is 19.3 Å². The van der Waals surface area contributed by atoms with E-state index in [0.717, 1.165) is 6.92 Å². The number of carbonyl (C=O) groups excluding carboxylic acids is 2. The van der Waals surface area contributed by atoms with Crippen molar-refractivity contribution >= 4 is 11.7 Å². The normalized spacial score (nSPS) is 31.3. The second kappa shape index (κ2) is 10.2. The lowest BCUT2D eigenvalue weighted by atomic mass is 9.96. The van der Waals surface area contributed by atoms with E-state index in [1.54, 1.807) is 0 Å². The van der Waals surface area contributed by atoms with E-state index in [-0.39, 0.29) is 25.5 Å². The number of unbranched alkanes of at least 4 members (excludes halogenated alkanes) is 1. The van der Waals surface area contributed by atoms with Crippen LogP contribution in [0.25, 0.3) is 0 Å². The van der Waals surface area contributed by atoms with Crippen LogP contribution in [0.3, 0.4) is 0 Å². The Bertz CT molecular complexity index is 480. The molecule has 1 aliphatic rings. The number of carbonyl (C=O) groups is 2. The molecule has 4 unspecified atom stereocenters. The van der Waals surface area contributed by atoms with Gasteiger partial charge in [0.05, 0.1) is 19.2 Å². The molecule has 0 spiro atoms. The number of nitrogens with one attached hydrogen (secondary N) is 2. The molecule has 10 heteroatoms. The summed E-state index contributed by atoms with van der Waals surface area (Å²) >= 11 is 0. The van der Waals surface area contributed by atoms with E-state index < -0.39 is 42.2 Å². The molecule has 0 bridgehead atoms. The fourth-order valence-corrected chi connectivity index (χ4v) is 2.59. The number of amides is 1. The molecule has 1 aliphatic heterocycles. The highest BCUT2D eigenvalue weighted by Gasteiger charge is 2.48. The molecule has 0 aliphatic carbocycles. The lowest BCUT2D eigenvalue weighted by Crippen LogP contribution is -2.65. The third kappa shape index (κ3) is 6.53. The van der Waals surface area contributed by atoms with E-state index in [9.17, 15) is 34.4 Å². The maximum atomic E-state index is 12.7. The van der Waals surface area contributed by atoms with Crippen LogP contribution < -0.4 is 10.6 Å². The van der Waals surface area contributed by atoms with E-state index in [4.69, 9.17) is 4.74 Å². The topological polar surface area (TPSA) is 148 Å². The maximum Gasteiger partial charge on any atom is 0.254 e. The summed E-state index contributed by atoms with van der Waals surface area (Å²) in [6.45, 7) is 2.12. The van der Waals surface area contributed by atoms with Gasteiger partial charge in [-0.25, -0.2) is 4.39 Å². The molecule has 1 heterocycles. The molecular formula is C16H29FN2O7. The molecule has 0 saturated carbocycles. The Morgan fingerprint density at radius 3 is 2.54 bits per heavy atom. The first-order chi connectivity index (χ1) is 12.1. The fourth-order valence-electron chi connectivity index (χ4n) is 2.59. The third-order valence-corrected chi connectivity index (χ3v) is 4.36. The van der Waals surface area contributed by atoms with Crippen molar-refractivity contribution in [3.63, 3.8) is 0 Å². The van der Waals surface area contributed by atoms with Gasteiger partial charge in [0, 0.05) is 6.54 Å². The highest BCUT2D eigenvalue weighted by molar-refractivity contribution is 5.81. The predicted octanol–water partition coefficient (Wildman–Crippen LogP) is -2.02. The average molecular weight is 379 g/mol. The number of hydrogen-bond acceptors (Lipinski definition) is 8. The molecule has 0 aromatic heterocycles. The van der Waals surface area contributed by atoms with Crippen LogP contribution in [0, 0.1) is 0 Å². The summed E-state index contributed by atoms with van der Waals surface area (Å²) in [4.78, 5) is 22.8. The van der Waals surface area contributed by atoms with Crippen molar-refractivity contribution in [2.24, 2.45) is 0 Å². The van der Waals surface area contributed by atoms with Crippen LogP contribution in [0.1, 0.15) is 33.1 Å². The minimum absolute atomic E-state index is 0.194. The van der Waals surface area contributed by atoms with Crippen molar-refractivity contribution < 1.29 is 39.1 Å². The van der Waals surface area contributed by atoms with Gasteiger partial charge in [-0.3, -0.25) is 9.59 Å². The van der Waals surface area contributed by atoms with Crippen LogP contribution in [-0.2, 0) is 14.3 Å². The molecule has 26 heavy (non-hydrogen) atoms. The van der Waals surface area contributed by atoms with Crippen molar-refractivity contribution in [2.75, 3.05) is 19.7 Å². The second-order valence-corrected chi connectivity index (χ2v) is 6.61. The van der Waals surface area contributed by atoms with Crippen molar-refractivity contribution in [1.82, 2.24) is 10.6 Å². The van der Waals surface area contributed by atoms with Crippen LogP contribution >= 0.6 is 0 Å². The van der Waals surface area contributed by atoms with Crippen LogP contribution in [-0.4, -0.2) is 88.1 Å². The average Bonchev–Trinajstić information content (AvgIpc) is 2.58. The van der Waals surface area contributed by atoms with Gasteiger partial charge in [0.25, 0.3) is 5.91 Å². The number of halogens is 1. The van der Waals surface area contributed by atoms with Gasteiger partial charge in [0.1, 0.15) is 24.1 Å². The molecule has 0 radical (unpaired) electrons. The van der Waals surface area contributed by atoms with Crippen LogP contribution in [0.5, 0.6) is 0 Å². The lowest BCUT2D eigenvalue weighted by Gasteiger charge is -2.42. The summed E-state index contributed by atoms with van der Waals surface area (Å²) < 4.78 is 17.7. The van der Waals surface area contributed by atoms with E-state index in [1.165, 1.54) is 6.92 Å². The first-order valence-electron chi connectivity index (χ1n) is 8.64. The Hall–Kier alpha value is -1.17. The first kappa shape index (κ1) is 22.9. The zero-order chi connectivity index (χ0) is 19.9. The Labute approximate surface area is 151 Å². The van der Waals surface area contributed by atoms with Crippen molar-refractivity contribution in [3.05, 3.63) is 0 Å². The molecule has 0 aromatic carbocycles. The van der Waals surface area contributed by atoms with Gasteiger partial charge in [-0.15, -0.1) is 0 Å². The van der Waals surface area contributed by atoms with Gasteiger partial charge in [-0.05, 0) is 33.1 Å². The van der Waals surface area contributed by atoms with Gasteiger partial charge in [0.15, 0.2) is 6.17 Å². The quantitative estimate of drug-likeness (QED) is 0.238. The number of rotatable bonds is 10. The van der Waals surface area contributed by atoms with Gasteiger partial charge in [-0.2, -0.15) is 0 Å². The molecule has 0 aromatic rings. The van der Waals surface area contributed by atoms with Crippen LogP contribution in [0.4, 0.5) is 4.39 Å². The molecule has 152 valence electrons. The Morgan fingerprint density at radius 1 is 1.31 bits per heavy atom. The minimum Gasteiger partial charge on any atom is -0.388 e.